The third-order valence-corrected chi connectivity index (χ3v) is 1.15. The van der Waals surface area contributed by atoms with Gasteiger partial charge in [-0.2, -0.15) is 4.79 Å². The van der Waals surface area contributed by atoms with Crippen LogP contribution in [0.15, 0.2) is 6.33 Å². The fraction of sp³-hybridized carbons (Fsp3) is 0.400. The molecule has 6 nitrogen and oxygen atoms in total. The number of aryl methyl sites for hydroxylation is 1. The Morgan fingerprint density at radius 3 is 2.91 bits per heavy atom. The normalized spacial score (nSPS) is 9.82. The van der Waals surface area contributed by atoms with Gasteiger partial charge in [0.05, 0.1) is 0 Å². The zero-order valence-electron chi connectivity index (χ0n) is 5.90. The van der Waals surface area contributed by atoms with Crippen molar-refractivity contribution in [1.82, 2.24) is 14.9 Å². The first-order chi connectivity index (χ1) is 5.18. The van der Waals surface area contributed by atoms with Crippen molar-refractivity contribution in [1.29, 1.82) is 0 Å². The molecule has 0 aliphatic rings. The molecule has 6 heteroatoms. The lowest BCUT2D eigenvalue weighted by Gasteiger charge is -1.89. The first-order valence-corrected chi connectivity index (χ1v) is 3.12. The predicted octanol–water partition coefficient (Wildman–Crippen LogP) is -1.59. The Bertz CT molecular complexity index is 255. The molecule has 0 aromatic carbocycles. The van der Waals surface area contributed by atoms with Gasteiger partial charge in [0.2, 0.25) is 5.91 Å². The zero-order chi connectivity index (χ0) is 8.27. The summed E-state index contributed by atoms with van der Waals surface area (Å²) in [5, 5.41) is 3.76. The van der Waals surface area contributed by atoms with E-state index in [0.29, 0.717) is 12.2 Å². The number of aromatic nitrogens is 3. The monoisotopic (exact) mass is 155 g/mol. The highest BCUT2D eigenvalue weighted by Crippen LogP contribution is 1.91. The second kappa shape index (κ2) is 3.00. The number of nitrogens with two attached hydrogens (primary N) is 2. The van der Waals surface area contributed by atoms with Crippen LogP contribution in [-0.4, -0.2) is 20.8 Å². The molecular weight excluding hydrogens is 146 g/mol. The van der Waals surface area contributed by atoms with E-state index in [9.17, 15) is 4.79 Å². The van der Waals surface area contributed by atoms with Crippen LogP contribution >= 0.6 is 0 Å². The number of rotatable bonds is 3. The first-order valence-electron chi connectivity index (χ1n) is 3.12. The number of carbonyl (C=O) groups excluding carboxylic acids is 1. The summed E-state index contributed by atoms with van der Waals surface area (Å²) in [6.45, 7) is 0. The van der Waals surface area contributed by atoms with Crippen LogP contribution in [-0.2, 0) is 11.2 Å². The topological polar surface area (TPSA) is 99.8 Å². The molecule has 60 valence electrons. The van der Waals surface area contributed by atoms with E-state index in [-0.39, 0.29) is 12.3 Å². The van der Waals surface area contributed by atoms with Crippen LogP contribution in [0.5, 0.6) is 0 Å². The maximum absolute atomic E-state index is 10.3. The second-order valence-corrected chi connectivity index (χ2v) is 2.11. The zero-order valence-corrected chi connectivity index (χ0v) is 5.90. The van der Waals surface area contributed by atoms with E-state index in [0.717, 1.165) is 4.79 Å². The predicted molar refractivity (Wildman–Crippen MR) is 37.7 cm³/mol. The van der Waals surface area contributed by atoms with Crippen LogP contribution in [0.1, 0.15) is 12.2 Å². The largest absolute Gasteiger partial charge is 0.370 e. The molecule has 0 spiro atoms. The molecule has 1 rings (SSSR count). The number of amides is 1. The maximum Gasteiger partial charge on any atom is 0.217 e. The lowest BCUT2D eigenvalue weighted by Crippen LogP contribution is -2.12. The van der Waals surface area contributed by atoms with Gasteiger partial charge in [-0.05, 0) is 0 Å². The van der Waals surface area contributed by atoms with Crippen molar-refractivity contribution in [3.63, 3.8) is 0 Å². The van der Waals surface area contributed by atoms with Crippen molar-refractivity contribution in [2.75, 3.05) is 5.84 Å². The highest BCUT2D eigenvalue weighted by molar-refractivity contribution is 5.73. The molecule has 0 saturated carbocycles. The van der Waals surface area contributed by atoms with Gasteiger partial charge in [0.15, 0.2) is 5.82 Å². The van der Waals surface area contributed by atoms with Gasteiger partial charge in [0.25, 0.3) is 0 Å². The number of carbonyl (C=O) groups is 1. The third-order valence-electron chi connectivity index (χ3n) is 1.15. The van der Waals surface area contributed by atoms with E-state index < -0.39 is 0 Å². The molecule has 0 fully saturated rings. The molecule has 0 radical (unpaired) electrons. The van der Waals surface area contributed by atoms with Crippen LogP contribution < -0.4 is 11.6 Å². The molecule has 0 saturated heterocycles. The minimum atomic E-state index is -0.363. The van der Waals surface area contributed by atoms with Crippen LogP contribution in [0.2, 0.25) is 0 Å². The standard InChI is InChI=1S/C5H9N5O/c6-4(11)1-2-5-8-3-10(7)9-5/h3H,1-2,7H2,(H2,6,11). The Balaban J connectivity index is 2.45. The minimum absolute atomic E-state index is 0.254. The minimum Gasteiger partial charge on any atom is -0.370 e. The lowest BCUT2D eigenvalue weighted by atomic mass is 10.3. The maximum atomic E-state index is 10.3. The Kier molecular flexibility index (Phi) is 2.05. The van der Waals surface area contributed by atoms with E-state index in [4.69, 9.17) is 11.6 Å². The van der Waals surface area contributed by atoms with Crippen LogP contribution in [0.25, 0.3) is 0 Å². The molecule has 4 N–H and O–H groups in total. The summed E-state index contributed by atoms with van der Waals surface area (Å²) in [7, 11) is 0. The summed E-state index contributed by atoms with van der Waals surface area (Å²) in [4.78, 5) is 15.2. The molecule has 0 aliphatic heterocycles. The average Bonchev–Trinajstić information content (AvgIpc) is 2.31. The van der Waals surface area contributed by atoms with Crippen LogP contribution in [0.3, 0.4) is 0 Å². The van der Waals surface area contributed by atoms with Crippen molar-refractivity contribution in [3.8, 4) is 0 Å². The van der Waals surface area contributed by atoms with E-state index in [1.165, 1.54) is 6.33 Å². The molecule has 0 bridgehead atoms. The molecule has 1 amide bonds. The molecule has 1 aromatic heterocycles. The van der Waals surface area contributed by atoms with Gasteiger partial charge in [-0.3, -0.25) is 4.79 Å². The number of hydrogen-bond acceptors (Lipinski definition) is 4. The third kappa shape index (κ3) is 2.24. The number of nitrogens with zero attached hydrogens (tertiary/aromatic N) is 3. The summed E-state index contributed by atoms with van der Waals surface area (Å²) in [6, 6.07) is 0. The van der Waals surface area contributed by atoms with Gasteiger partial charge in [-0.1, -0.05) is 0 Å². The SMILES string of the molecule is NC(=O)CCc1ncn(N)n1. The molecule has 11 heavy (non-hydrogen) atoms. The van der Waals surface area contributed by atoms with Gasteiger partial charge < -0.3 is 11.6 Å². The summed E-state index contributed by atoms with van der Waals surface area (Å²) < 4.78 is 0. The second-order valence-electron chi connectivity index (χ2n) is 2.11. The fourth-order valence-electron chi connectivity index (χ4n) is 0.660. The van der Waals surface area contributed by atoms with Crippen molar-refractivity contribution < 1.29 is 4.79 Å². The Morgan fingerprint density at radius 1 is 1.73 bits per heavy atom. The van der Waals surface area contributed by atoms with E-state index in [1.807, 2.05) is 0 Å². The summed E-state index contributed by atoms with van der Waals surface area (Å²) in [5.41, 5.74) is 4.91. The van der Waals surface area contributed by atoms with Gasteiger partial charge in [0.1, 0.15) is 6.33 Å². The number of primary amides is 1. The Labute approximate surface area is 63.2 Å². The van der Waals surface area contributed by atoms with Crippen molar-refractivity contribution in [2.45, 2.75) is 12.8 Å². The van der Waals surface area contributed by atoms with Crippen molar-refractivity contribution in [3.05, 3.63) is 12.2 Å². The van der Waals surface area contributed by atoms with E-state index in [1.54, 1.807) is 0 Å². The summed E-state index contributed by atoms with van der Waals surface area (Å²) in [6.07, 6.45) is 2.07. The smallest absolute Gasteiger partial charge is 0.217 e. The number of nitrogen functional groups attached to an aromatic ring is 1. The van der Waals surface area contributed by atoms with Gasteiger partial charge in [-0.15, -0.1) is 5.10 Å². The van der Waals surface area contributed by atoms with Crippen molar-refractivity contribution >= 4 is 5.91 Å². The molecule has 1 heterocycles. The lowest BCUT2D eigenvalue weighted by molar-refractivity contribution is -0.118. The molecule has 0 unspecified atom stereocenters. The summed E-state index contributed by atoms with van der Waals surface area (Å²) >= 11 is 0. The van der Waals surface area contributed by atoms with Gasteiger partial charge in [0, 0.05) is 12.8 Å². The highest BCUT2D eigenvalue weighted by Gasteiger charge is 2.00. The Morgan fingerprint density at radius 2 is 2.45 bits per heavy atom. The summed E-state index contributed by atoms with van der Waals surface area (Å²) in [5.74, 6) is 5.38. The highest BCUT2D eigenvalue weighted by atomic mass is 16.1. The molecular formula is C5H9N5O. The van der Waals surface area contributed by atoms with Gasteiger partial charge >= 0.3 is 0 Å². The molecule has 1 aromatic rings. The van der Waals surface area contributed by atoms with Crippen molar-refractivity contribution in [2.24, 2.45) is 5.73 Å². The van der Waals surface area contributed by atoms with E-state index in [2.05, 4.69) is 10.1 Å². The quantitative estimate of drug-likeness (QED) is 0.514. The Hall–Kier alpha value is -1.59. The van der Waals surface area contributed by atoms with Gasteiger partial charge in [-0.25, -0.2) is 4.98 Å². The van der Waals surface area contributed by atoms with E-state index >= 15 is 0 Å². The average molecular weight is 155 g/mol. The number of hydrogen-bond donors (Lipinski definition) is 2. The molecule has 0 atom stereocenters. The van der Waals surface area contributed by atoms with Crippen LogP contribution in [0.4, 0.5) is 0 Å². The molecule has 0 aliphatic carbocycles. The fourth-order valence-corrected chi connectivity index (χ4v) is 0.660. The first kappa shape index (κ1) is 7.52. The van der Waals surface area contributed by atoms with Crippen LogP contribution in [0, 0.1) is 0 Å².